The van der Waals surface area contributed by atoms with E-state index in [1.54, 1.807) is 7.11 Å². The van der Waals surface area contributed by atoms with Gasteiger partial charge in [0.25, 0.3) is 6.47 Å². The van der Waals surface area contributed by atoms with Gasteiger partial charge >= 0.3 is 0 Å². The first-order valence-corrected chi connectivity index (χ1v) is 8.34. The second-order valence-electron chi connectivity index (χ2n) is 5.86. The Bertz CT molecular complexity index is 500. The normalized spacial score (nSPS) is 16.1. The van der Waals surface area contributed by atoms with E-state index in [1.165, 1.54) is 25.7 Å². The van der Waals surface area contributed by atoms with Crippen molar-refractivity contribution >= 4 is 12.4 Å². The minimum atomic E-state index is -0.250. The van der Waals surface area contributed by atoms with E-state index in [-0.39, 0.29) is 18.4 Å². The summed E-state index contributed by atoms with van der Waals surface area (Å²) in [5, 5.41) is 9.97. The van der Waals surface area contributed by atoms with E-state index >= 15 is 0 Å². The first-order valence-electron chi connectivity index (χ1n) is 8.34. The number of nitrogens with one attached hydrogen (secondary N) is 1. The molecule has 0 bridgehead atoms. The van der Waals surface area contributed by atoms with E-state index in [9.17, 15) is 4.79 Å². The van der Waals surface area contributed by atoms with E-state index in [0.29, 0.717) is 6.54 Å². The molecule has 2 N–H and O–H groups in total. The van der Waals surface area contributed by atoms with Crippen LogP contribution in [0.25, 0.3) is 0 Å². The number of methoxy groups -OCH3 is 1. The van der Waals surface area contributed by atoms with Gasteiger partial charge in [0.2, 0.25) is 5.91 Å². The Hall–Kier alpha value is -2.08. The van der Waals surface area contributed by atoms with Crippen molar-refractivity contribution in [1.82, 2.24) is 10.2 Å². The molecule has 1 aliphatic heterocycles. The molecule has 2 rings (SSSR count). The topological polar surface area (TPSA) is 78.9 Å². The third-order valence-corrected chi connectivity index (χ3v) is 4.04. The van der Waals surface area contributed by atoms with Crippen LogP contribution in [0.4, 0.5) is 0 Å². The van der Waals surface area contributed by atoms with Gasteiger partial charge in [-0.15, -0.1) is 0 Å². The lowest BCUT2D eigenvalue weighted by atomic mass is 10.1. The standard InChI is InChI=1S/C17H26N2O2.CH2O2/c1-14(15-8-7-9-16(12-15)21-2)18-17(20)13-19-10-5-3-4-6-11-19;2-1-3/h7-9,12,14H,3-6,10-11,13H2,1-2H3,(H,18,20);1H,(H,2,3)/t14-;/m1./s1. The van der Waals surface area contributed by atoms with Crippen molar-refractivity contribution in [2.75, 3.05) is 26.7 Å². The lowest BCUT2D eigenvalue weighted by molar-refractivity contribution is -0.123. The van der Waals surface area contributed by atoms with Crippen LogP contribution in [0.5, 0.6) is 5.75 Å². The highest BCUT2D eigenvalue weighted by Gasteiger charge is 2.15. The maximum absolute atomic E-state index is 12.2. The largest absolute Gasteiger partial charge is 0.497 e. The molecule has 1 aliphatic rings. The molecule has 6 heteroatoms. The lowest BCUT2D eigenvalue weighted by Crippen LogP contribution is -2.38. The predicted molar refractivity (Wildman–Crippen MR) is 93.2 cm³/mol. The summed E-state index contributed by atoms with van der Waals surface area (Å²) in [7, 11) is 1.65. The lowest BCUT2D eigenvalue weighted by Gasteiger charge is -2.21. The summed E-state index contributed by atoms with van der Waals surface area (Å²) in [4.78, 5) is 22.8. The van der Waals surface area contributed by atoms with Gasteiger partial charge in [-0.1, -0.05) is 25.0 Å². The Morgan fingerprint density at radius 3 is 2.54 bits per heavy atom. The van der Waals surface area contributed by atoms with Crippen molar-refractivity contribution in [2.24, 2.45) is 0 Å². The molecule has 0 radical (unpaired) electrons. The number of ether oxygens (including phenoxy) is 1. The molecule has 0 saturated carbocycles. The van der Waals surface area contributed by atoms with Crippen molar-refractivity contribution < 1.29 is 19.4 Å². The number of benzene rings is 1. The van der Waals surface area contributed by atoms with Gasteiger partial charge in [-0.05, 0) is 50.6 Å². The molecule has 1 aromatic carbocycles. The van der Waals surface area contributed by atoms with Crippen LogP contribution in [0.2, 0.25) is 0 Å². The zero-order valence-corrected chi connectivity index (χ0v) is 14.5. The fourth-order valence-corrected chi connectivity index (χ4v) is 2.78. The van der Waals surface area contributed by atoms with Crippen LogP contribution in [0.3, 0.4) is 0 Å². The molecule has 6 nitrogen and oxygen atoms in total. The summed E-state index contributed by atoms with van der Waals surface area (Å²) < 4.78 is 5.22. The highest BCUT2D eigenvalue weighted by atomic mass is 16.5. The van der Waals surface area contributed by atoms with Crippen molar-refractivity contribution in [2.45, 2.75) is 38.6 Å². The minimum Gasteiger partial charge on any atom is -0.497 e. The van der Waals surface area contributed by atoms with E-state index in [2.05, 4.69) is 10.2 Å². The van der Waals surface area contributed by atoms with E-state index in [0.717, 1.165) is 24.4 Å². The van der Waals surface area contributed by atoms with Crippen LogP contribution in [0, 0.1) is 0 Å². The Labute approximate surface area is 143 Å². The van der Waals surface area contributed by atoms with Gasteiger partial charge in [-0.25, -0.2) is 0 Å². The Morgan fingerprint density at radius 1 is 1.33 bits per heavy atom. The monoisotopic (exact) mass is 336 g/mol. The summed E-state index contributed by atoms with van der Waals surface area (Å²) in [5.74, 6) is 0.924. The van der Waals surface area contributed by atoms with Crippen LogP contribution in [-0.2, 0) is 9.59 Å². The number of rotatable bonds is 5. The molecule has 1 amide bonds. The Kier molecular flexibility index (Phi) is 9.53. The zero-order chi connectivity index (χ0) is 17.8. The SMILES string of the molecule is COc1cccc([C@@H](C)NC(=O)CN2CCCCCC2)c1.O=CO. The predicted octanol–water partition coefficient (Wildman–Crippen LogP) is 2.45. The number of hydrogen-bond donors (Lipinski definition) is 2. The van der Waals surface area contributed by atoms with Crippen LogP contribution in [0.15, 0.2) is 24.3 Å². The van der Waals surface area contributed by atoms with Crippen molar-refractivity contribution in [3.63, 3.8) is 0 Å². The van der Waals surface area contributed by atoms with Gasteiger partial charge in [0.05, 0.1) is 19.7 Å². The molecule has 0 aromatic heterocycles. The van der Waals surface area contributed by atoms with E-state index in [4.69, 9.17) is 14.6 Å². The zero-order valence-electron chi connectivity index (χ0n) is 14.5. The third-order valence-electron chi connectivity index (χ3n) is 4.04. The quantitative estimate of drug-likeness (QED) is 0.808. The fourth-order valence-electron chi connectivity index (χ4n) is 2.78. The van der Waals surface area contributed by atoms with Gasteiger partial charge in [-0.2, -0.15) is 0 Å². The van der Waals surface area contributed by atoms with Gasteiger partial charge in [0.1, 0.15) is 5.75 Å². The molecule has 1 aromatic rings. The van der Waals surface area contributed by atoms with E-state index in [1.807, 2.05) is 31.2 Å². The van der Waals surface area contributed by atoms with Crippen molar-refractivity contribution in [3.8, 4) is 5.75 Å². The van der Waals surface area contributed by atoms with Gasteiger partial charge in [0.15, 0.2) is 0 Å². The highest BCUT2D eigenvalue weighted by Crippen LogP contribution is 2.18. The van der Waals surface area contributed by atoms with Crippen LogP contribution in [0.1, 0.15) is 44.2 Å². The average Bonchev–Trinajstić information content (AvgIpc) is 2.84. The number of carbonyl (C=O) groups is 2. The molecule has 0 unspecified atom stereocenters. The molecule has 24 heavy (non-hydrogen) atoms. The number of hydrogen-bond acceptors (Lipinski definition) is 4. The number of nitrogens with zero attached hydrogens (tertiary/aromatic N) is 1. The second-order valence-corrected chi connectivity index (χ2v) is 5.86. The summed E-state index contributed by atoms with van der Waals surface area (Å²) in [5.41, 5.74) is 1.07. The van der Waals surface area contributed by atoms with Crippen LogP contribution >= 0.6 is 0 Å². The highest BCUT2D eigenvalue weighted by molar-refractivity contribution is 5.78. The molecule has 1 saturated heterocycles. The minimum absolute atomic E-state index is 0.000391. The summed E-state index contributed by atoms with van der Waals surface area (Å²) in [6.45, 7) is 4.35. The van der Waals surface area contributed by atoms with Crippen molar-refractivity contribution in [1.29, 1.82) is 0 Å². The number of carboxylic acid groups (broad SMARTS) is 1. The van der Waals surface area contributed by atoms with Gasteiger partial charge in [-0.3, -0.25) is 14.5 Å². The first kappa shape index (κ1) is 20.0. The molecular weight excluding hydrogens is 308 g/mol. The number of carbonyl (C=O) groups excluding carboxylic acids is 1. The Morgan fingerprint density at radius 2 is 1.96 bits per heavy atom. The average molecular weight is 336 g/mol. The molecular formula is C18H28N2O4. The summed E-state index contributed by atoms with van der Waals surface area (Å²) >= 11 is 0. The van der Waals surface area contributed by atoms with E-state index < -0.39 is 0 Å². The number of amides is 1. The molecule has 1 heterocycles. The molecule has 0 spiro atoms. The Balaban J connectivity index is 0.000000891. The fraction of sp³-hybridized carbons (Fsp3) is 0.556. The smallest absolute Gasteiger partial charge is 0.290 e. The second kappa shape index (κ2) is 11.5. The van der Waals surface area contributed by atoms with Gasteiger partial charge in [0, 0.05) is 0 Å². The molecule has 134 valence electrons. The number of likely N-dealkylation sites (tertiary alicyclic amines) is 1. The summed E-state index contributed by atoms with van der Waals surface area (Å²) in [6.07, 6.45) is 4.99. The summed E-state index contributed by atoms with van der Waals surface area (Å²) in [6, 6.07) is 7.84. The molecule has 1 atom stereocenters. The maximum Gasteiger partial charge on any atom is 0.290 e. The third kappa shape index (κ3) is 7.46. The molecule has 1 fully saturated rings. The van der Waals surface area contributed by atoms with Gasteiger partial charge < -0.3 is 15.2 Å². The van der Waals surface area contributed by atoms with Crippen molar-refractivity contribution in [3.05, 3.63) is 29.8 Å². The van der Waals surface area contributed by atoms with Crippen LogP contribution < -0.4 is 10.1 Å². The first-order chi connectivity index (χ1) is 11.6. The molecule has 0 aliphatic carbocycles. The van der Waals surface area contributed by atoms with Crippen LogP contribution in [-0.4, -0.2) is 49.1 Å². The maximum atomic E-state index is 12.2.